The molecule has 1 rings (SSSR count). The summed E-state index contributed by atoms with van der Waals surface area (Å²) in [7, 11) is 0. The fourth-order valence-electron chi connectivity index (χ4n) is 1.19. The summed E-state index contributed by atoms with van der Waals surface area (Å²) in [6.07, 6.45) is 0. The summed E-state index contributed by atoms with van der Waals surface area (Å²) < 4.78 is 0. The Labute approximate surface area is 91.1 Å². The Hall–Kier alpha value is -1.37. The van der Waals surface area contributed by atoms with Crippen LogP contribution in [0.2, 0.25) is 5.02 Å². The fourth-order valence-corrected chi connectivity index (χ4v) is 1.58. The molecule has 0 aliphatic rings. The molecule has 0 amide bonds. The predicted octanol–water partition coefficient (Wildman–Crippen LogP) is 0.789. The zero-order valence-corrected chi connectivity index (χ0v) is 8.57. The minimum absolute atomic E-state index is 0.0120. The van der Waals surface area contributed by atoms with Gasteiger partial charge in [0, 0.05) is 12.6 Å². The van der Waals surface area contributed by atoms with E-state index in [1.807, 2.05) is 0 Å². The molecule has 0 fully saturated rings. The number of hydrogen-bond donors (Lipinski definition) is 3. The standard InChI is InChI=1S/C8H11ClN4O2/c9-7-4(6(12)3-10)1-2-5(11)8(7)13(14)15/h1-2,6H,3,10-12H2/t6-/m0/s1. The van der Waals surface area contributed by atoms with Crippen molar-refractivity contribution in [1.29, 1.82) is 0 Å². The molecule has 1 aromatic carbocycles. The Balaban J connectivity index is 3.34. The van der Waals surface area contributed by atoms with Crippen LogP contribution in [0.25, 0.3) is 0 Å². The van der Waals surface area contributed by atoms with Crippen LogP contribution in [0.3, 0.4) is 0 Å². The highest BCUT2D eigenvalue weighted by Gasteiger charge is 2.22. The number of benzene rings is 1. The van der Waals surface area contributed by atoms with Crippen molar-refractivity contribution in [3.63, 3.8) is 0 Å². The molecule has 0 radical (unpaired) electrons. The van der Waals surface area contributed by atoms with E-state index in [4.69, 9.17) is 28.8 Å². The first-order valence-electron chi connectivity index (χ1n) is 4.17. The molecular weight excluding hydrogens is 220 g/mol. The maximum absolute atomic E-state index is 10.7. The molecule has 1 atom stereocenters. The molecule has 0 saturated carbocycles. The maximum atomic E-state index is 10.7. The van der Waals surface area contributed by atoms with Crippen LogP contribution >= 0.6 is 11.6 Å². The molecule has 6 N–H and O–H groups in total. The third-order valence-electron chi connectivity index (χ3n) is 2.01. The summed E-state index contributed by atoms with van der Waals surface area (Å²) in [5.41, 5.74) is 16.5. The molecule has 7 heteroatoms. The molecule has 1 aromatic rings. The van der Waals surface area contributed by atoms with Gasteiger partial charge in [-0.3, -0.25) is 10.1 Å². The molecule has 0 aliphatic carbocycles. The molecule has 0 aliphatic heterocycles. The monoisotopic (exact) mass is 230 g/mol. The van der Waals surface area contributed by atoms with Gasteiger partial charge in [-0.25, -0.2) is 0 Å². The molecular formula is C8H11ClN4O2. The smallest absolute Gasteiger partial charge is 0.310 e. The lowest BCUT2D eigenvalue weighted by atomic mass is 10.1. The van der Waals surface area contributed by atoms with Gasteiger partial charge in [0.15, 0.2) is 0 Å². The second-order valence-corrected chi connectivity index (χ2v) is 3.38. The van der Waals surface area contributed by atoms with Crippen molar-refractivity contribution in [1.82, 2.24) is 0 Å². The van der Waals surface area contributed by atoms with Crippen LogP contribution < -0.4 is 17.2 Å². The number of nitrogens with zero attached hydrogens (tertiary/aromatic N) is 1. The van der Waals surface area contributed by atoms with Crippen molar-refractivity contribution in [2.24, 2.45) is 11.5 Å². The second kappa shape index (κ2) is 4.43. The van der Waals surface area contributed by atoms with Gasteiger partial charge >= 0.3 is 5.69 Å². The summed E-state index contributed by atoms with van der Waals surface area (Å²) in [6, 6.07) is 2.41. The Morgan fingerprint density at radius 2 is 2.13 bits per heavy atom. The van der Waals surface area contributed by atoms with Gasteiger partial charge in [0.1, 0.15) is 10.7 Å². The highest BCUT2D eigenvalue weighted by molar-refractivity contribution is 6.34. The number of hydrogen-bond acceptors (Lipinski definition) is 5. The highest BCUT2D eigenvalue weighted by Crippen LogP contribution is 2.35. The Kier molecular flexibility index (Phi) is 3.46. The number of nitro benzene ring substituents is 1. The number of nitrogen functional groups attached to an aromatic ring is 1. The number of rotatable bonds is 3. The van der Waals surface area contributed by atoms with Gasteiger partial charge in [0.05, 0.1) is 4.92 Å². The fraction of sp³-hybridized carbons (Fsp3) is 0.250. The molecule has 6 nitrogen and oxygen atoms in total. The topological polar surface area (TPSA) is 121 Å². The van der Waals surface area contributed by atoms with E-state index in [-0.39, 0.29) is 22.9 Å². The van der Waals surface area contributed by atoms with Crippen LogP contribution in [0.15, 0.2) is 12.1 Å². The SMILES string of the molecule is NC[C@H](N)c1ccc(N)c([N+](=O)[O-])c1Cl. The van der Waals surface area contributed by atoms with Gasteiger partial charge in [-0.1, -0.05) is 17.7 Å². The molecule has 0 aromatic heterocycles. The van der Waals surface area contributed by atoms with Crippen LogP contribution in [-0.4, -0.2) is 11.5 Å². The van der Waals surface area contributed by atoms with E-state index in [9.17, 15) is 10.1 Å². The van der Waals surface area contributed by atoms with Crippen molar-refractivity contribution in [2.75, 3.05) is 12.3 Å². The Morgan fingerprint density at radius 3 is 2.60 bits per heavy atom. The van der Waals surface area contributed by atoms with Crippen molar-refractivity contribution < 1.29 is 4.92 Å². The maximum Gasteiger partial charge on any atom is 0.310 e. The summed E-state index contributed by atoms with van der Waals surface area (Å²) in [6.45, 7) is 0.154. The minimum Gasteiger partial charge on any atom is -0.393 e. The van der Waals surface area contributed by atoms with Crippen LogP contribution in [0.1, 0.15) is 11.6 Å². The van der Waals surface area contributed by atoms with E-state index in [1.54, 1.807) is 6.07 Å². The average molecular weight is 231 g/mol. The van der Waals surface area contributed by atoms with Crippen molar-refractivity contribution in [3.05, 3.63) is 32.8 Å². The van der Waals surface area contributed by atoms with E-state index in [0.29, 0.717) is 5.56 Å². The van der Waals surface area contributed by atoms with E-state index >= 15 is 0 Å². The second-order valence-electron chi connectivity index (χ2n) is 3.01. The average Bonchev–Trinajstić information content (AvgIpc) is 2.16. The Bertz CT molecular complexity index is 396. The van der Waals surface area contributed by atoms with Crippen LogP contribution in [0.4, 0.5) is 11.4 Å². The quantitative estimate of drug-likeness (QED) is 0.403. The number of anilines is 1. The summed E-state index contributed by atoms with van der Waals surface area (Å²) >= 11 is 5.83. The van der Waals surface area contributed by atoms with E-state index in [0.717, 1.165) is 0 Å². The predicted molar refractivity (Wildman–Crippen MR) is 58.5 cm³/mol. The van der Waals surface area contributed by atoms with Gasteiger partial charge in [-0.2, -0.15) is 0 Å². The molecule has 82 valence electrons. The number of nitro groups is 1. The van der Waals surface area contributed by atoms with E-state index < -0.39 is 11.0 Å². The zero-order valence-electron chi connectivity index (χ0n) is 7.81. The molecule has 0 spiro atoms. The largest absolute Gasteiger partial charge is 0.393 e. The first-order valence-corrected chi connectivity index (χ1v) is 4.54. The van der Waals surface area contributed by atoms with E-state index in [2.05, 4.69) is 0 Å². The van der Waals surface area contributed by atoms with Gasteiger partial charge in [0.2, 0.25) is 0 Å². The normalized spacial score (nSPS) is 12.5. The minimum atomic E-state index is -0.635. The third-order valence-corrected chi connectivity index (χ3v) is 2.41. The van der Waals surface area contributed by atoms with Crippen LogP contribution in [0, 0.1) is 10.1 Å². The molecule has 0 bridgehead atoms. The summed E-state index contributed by atoms with van der Waals surface area (Å²) in [5, 5.41) is 10.6. The number of nitrogens with two attached hydrogens (primary N) is 3. The Morgan fingerprint density at radius 1 is 1.53 bits per heavy atom. The van der Waals surface area contributed by atoms with Gasteiger partial charge in [-0.15, -0.1) is 0 Å². The molecule has 0 heterocycles. The highest BCUT2D eigenvalue weighted by atomic mass is 35.5. The molecule has 0 saturated heterocycles. The van der Waals surface area contributed by atoms with Crippen LogP contribution in [0.5, 0.6) is 0 Å². The lowest BCUT2D eigenvalue weighted by Gasteiger charge is -2.11. The number of halogens is 1. The van der Waals surface area contributed by atoms with Crippen molar-refractivity contribution in [3.8, 4) is 0 Å². The van der Waals surface area contributed by atoms with Gasteiger partial charge in [0.25, 0.3) is 0 Å². The van der Waals surface area contributed by atoms with Gasteiger partial charge in [-0.05, 0) is 11.6 Å². The van der Waals surface area contributed by atoms with Gasteiger partial charge < -0.3 is 17.2 Å². The van der Waals surface area contributed by atoms with E-state index in [1.165, 1.54) is 6.07 Å². The lowest BCUT2D eigenvalue weighted by molar-refractivity contribution is -0.383. The first-order chi connectivity index (χ1) is 6.99. The summed E-state index contributed by atoms with van der Waals surface area (Å²) in [4.78, 5) is 10.0. The van der Waals surface area contributed by atoms with Crippen molar-refractivity contribution >= 4 is 23.0 Å². The van der Waals surface area contributed by atoms with Crippen LogP contribution in [-0.2, 0) is 0 Å². The lowest BCUT2D eigenvalue weighted by Crippen LogP contribution is -2.21. The van der Waals surface area contributed by atoms with Crippen molar-refractivity contribution in [2.45, 2.75) is 6.04 Å². The molecule has 15 heavy (non-hydrogen) atoms. The third kappa shape index (κ3) is 2.17. The zero-order chi connectivity index (χ0) is 11.6. The summed E-state index contributed by atoms with van der Waals surface area (Å²) in [5.74, 6) is 0. The molecule has 0 unspecified atom stereocenters. The first kappa shape index (κ1) is 11.7.